The minimum atomic E-state index is 0.555. The van der Waals surface area contributed by atoms with Crippen LogP contribution in [0.4, 0.5) is 0 Å². The smallest absolute Gasteiger partial charge is 0.0596 e. The number of rotatable bonds is 4. The largest absolute Gasteiger partial charge is 0.379 e. The summed E-state index contributed by atoms with van der Waals surface area (Å²) in [7, 11) is 0. The predicted molar refractivity (Wildman–Crippen MR) is 50.1 cm³/mol. The van der Waals surface area contributed by atoms with Crippen LogP contribution in [0.15, 0.2) is 0 Å². The molecule has 0 spiro atoms. The Morgan fingerprint density at radius 2 is 2.00 bits per heavy atom. The lowest BCUT2D eigenvalue weighted by atomic mass is 10.3. The van der Waals surface area contributed by atoms with Gasteiger partial charge in [0.15, 0.2) is 0 Å². The first-order chi connectivity index (χ1) is 5.88. The standard InChI is InChI=1S/C9H20N2O/c1-3-9(10-4-2)11-5-7-12-8-6-11/h9-10H,3-8H2,1-2H3. The Balaban J connectivity index is 2.29. The minimum Gasteiger partial charge on any atom is -0.379 e. The zero-order valence-electron chi connectivity index (χ0n) is 8.18. The molecule has 0 amide bonds. The number of hydrogen-bond acceptors (Lipinski definition) is 3. The van der Waals surface area contributed by atoms with E-state index in [0.717, 1.165) is 32.8 Å². The summed E-state index contributed by atoms with van der Waals surface area (Å²) in [5.74, 6) is 0. The molecule has 3 heteroatoms. The maximum absolute atomic E-state index is 5.30. The topological polar surface area (TPSA) is 24.5 Å². The van der Waals surface area contributed by atoms with Crippen molar-refractivity contribution in [2.45, 2.75) is 26.4 Å². The first-order valence-corrected chi connectivity index (χ1v) is 4.93. The fourth-order valence-corrected chi connectivity index (χ4v) is 1.66. The molecular formula is C9H20N2O. The van der Waals surface area contributed by atoms with E-state index < -0.39 is 0 Å². The Morgan fingerprint density at radius 1 is 1.33 bits per heavy atom. The van der Waals surface area contributed by atoms with Gasteiger partial charge in [-0.05, 0) is 13.0 Å². The van der Waals surface area contributed by atoms with E-state index in [1.807, 2.05) is 0 Å². The van der Waals surface area contributed by atoms with Gasteiger partial charge >= 0.3 is 0 Å². The molecule has 0 saturated carbocycles. The third kappa shape index (κ3) is 2.73. The fraction of sp³-hybridized carbons (Fsp3) is 1.00. The summed E-state index contributed by atoms with van der Waals surface area (Å²) in [4.78, 5) is 2.47. The van der Waals surface area contributed by atoms with Gasteiger partial charge in [0, 0.05) is 13.1 Å². The quantitative estimate of drug-likeness (QED) is 0.674. The molecule has 1 rings (SSSR count). The lowest BCUT2D eigenvalue weighted by Crippen LogP contribution is -2.50. The van der Waals surface area contributed by atoms with Gasteiger partial charge in [-0.25, -0.2) is 0 Å². The summed E-state index contributed by atoms with van der Waals surface area (Å²) < 4.78 is 5.30. The SMILES string of the molecule is CCNC(CC)N1CCOCC1. The van der Waals surface area contributed by atoms with Crippen LogP contribution >= 0.6 is 0 Å². The van der Waals surface area contributed by atoms with E-state index >= 15 is 0 Å². The van der Waals surface area contributed by atoms with Crippen molar-refractivity contribution in [2.24, 2.45) is 0 Å². The van der Waals surface area contributed by atoms with E-state index in [1.165, 1.54) is 6.42 Å². The van der Waals surface area contributed by atoms with Crippen LogP contribution in [0.5, 0.6) is 0 Å². The number of hydrogen-bond donors (Lipinski definition) is 1. The highest BCUT2D eigenvalue weighted by Gasteiger charge is 2.17. The van der Waals surface area contributed by atoms with Crippen molar-refractivity contribution < 1.29 is 4.74 Å². The first kappa shape index (κ1) is 9.96. The Kier molecular flexibility index (Phi) is 4.58. The second kappa shape index (κ2) is 5.51. The average Bonchev–Trinajstić information content (AvgIpc) is 2.15. The van der Waals surface area contributed by atoms with Crippen LogP contribution in [-0.2, 0) is 4.74 Å². The van der Waals surface area contributed by atoms with Crippen LogP contribution in [0, 0.1) is 0 Å². The molecule has 0 bridgehead atoms. The normalized spacial score (nSPS) is 22.5. The molecule has 72 valence electrons. The number of nitrogens with zero attached hydrogens (tertiary/aromatic N) is 1. The number of ether oxygens (including phenoxy) is 1. The van der Waals surface area contributed by atoms with Crippen molar-refractivity contribution in [3.8, 4) is 0 Å². The van der Waals surface area contributed by atoms with Gasteiger partial charge in [-0.2, -0.15) is 0 Å². The minimum absolute atomic E-state index is 0.555. The maximum atomic E-state index is 5.30. The van der Waals surface area contributed by atoms with Gasteiger partial charge in [0.25, 0.3) is 0 Å². The van der Waals surface area contributed by atoms with Crippen molar-refractivity contribution in [3.05, 3.63) is 0 Å². The monoisotopic (exact) mass is 172 g/mol. The maximum Gasteiger partial charge on any atom is 0.0596 e. The van der Waals surface area contributed by atoms with Crippen molar-refractivity contribution in [1.29, 1.82) is 0 Å². The number of morpholine rings is 1. The molecule has 1 fully saturated rings. The Labute approximate surface area is 75.1 Å². The summed E-state index contributed by atoms with van der Waals surface area (Å²) in [6.07, 6.45) is 1.73. The molecule has 0 aromatic heterocycles. The van der Waals surface area contributed by atoms with Crippen LogP contribution in [0.3, 0.4) is 0 Å². The summed E-state index contributed by atoms with van der Waals surface area (Å²) in [5.41, 5.74) is 0. The zero-order valence-corrected chi connectivity index (χ0v) is 8.18. The molecule has 0 radical (unpaired) electrons. The lowest BCUT2D eigenvalue weighted by molar-refractivity contribution is 0.00837. The molecular weight excluding hydrogens is 152 g/mol. The van der Waals surface area contributed by atoms with Crippen molar-refractivity contribution in [3.63, 3.8) is 0 Å². The molecule has 1 heterocycles. The Bertz CT molecular complexity index is 110. The van der Waals surface area contributed by atoms with E-state index in [1.54, 1.807) is 0 Å². The van der Waals surface area contributed by atoms with Crippen LogP contribution in [0.25, 0.3) is 0 Å². The van der Waals surface area contributed by atoms with E-state index in [-0.39, 0.29) is 0 Å². The third-order valence-electron chi connectivity index (χ3n) is 2.31. The second-order valence-electron chi connectivity index (χ2n) is 3.13. The Hall–Kier alpha value is -0.120. The molecule has 1 N–H and O–H groups in total. The first-order valence-electron chi connectivity index (χ1n) is 4.93. The second-order valence-corrected chi connectivity index (χ2v) is 3.13. The average molecular weight is 172 g/mol. The molecule has 1 saturated heterocycles. The zero-order chi connectivity index (χ0) is 8.81. The fourth-order valence-electron chi connectivity index (χ4n) is 1.66. The highest BCUT2D eigenvalue weighted by Crippen LogP contribution is 2.04. The predicted octanol–water partition coefficient (Wildman–Crippen LogP) is 0.664. The van der Waals surface area contributed by atoms with Crippen molar-refractivity contribution in [1.82, 2.24) is 10.2 Å². The van der Waals surface area contributed by atoms with Gasteiger partial charge in [-0.15, -0.1) is 0 Å². The van der Waals surface area contributed by atoms with Crippen LogP contribution in [-0.4, -0.2) is 43.9 Å². The van der Waals surface area contributed by atoms with Gasteiger partial charge in [-0.1, -0.05) is 13.8 Å². The summed E-state index contributed by atoms with van der Waals surface area (Å²) >= 11 is 0. The summed E-state index contributed by atoms with van der Waals surface area (Å²) in [5, 5.41) is 3.47. The Morgan fingerprint density at radius 3 is 2.50 bits per heavy atom. The molecule has 1 aliphatic rings. The van der Waals surface area contributed by atoms with Crippen LogP contribution in [0.1, 0.15) is 20.3 Å². The summed E-state index contributed by atoms with van der Waals surface area (Å²) in [6, 6.07) is 0. The molecule has 0 aromatic carbocycles. The van der Waals surface area contributed by atoms with E-state index in [4.69, 9.17) is 4.74 Å². The molecule has 1 unspecified atom stereocenters. The molecule has 3 nitrogen and oxygen atoms in total. The van der Waals surface area contributed by atoms with Gasteiger partial charge < -0.3 is 10.1 Å². The molecule has 0 aliphatic carbocycles. The third-order valence-corrected chi connectivity index (χ3v) is 2.31. The molecule has 0 aromatic rings. The highest BCUT2D eigenvalue weighted by molar-refractivity contribution is 4.70. The molecule has 12 heavy (non-hydrogen) atoms. The molecule has 1 atom stereocenters. The van der Waals surface area contributed by atoms with Gasteiger partial charge in [0.1, 0.15) is 0 Å². The van der Waals surface area contributed by atoms with Crippen LogP contribution in [0.2, 0.25) is 0 Å². The van der Waals surface area contributed by atoms with E-state index in [0.29, 0.717) is 6.17 Å². The highest BCUT2D eigenvalue weighted by atomic mass is 16.5. The lowest BCUT2D eigenvalue weighted by Gasteiger charge is -2.34. The van der Waals surface area contributed by atoms with Gasteiger partial charge in [0.05, 0.1) is 19.4 Å². The van der Waals surface area contributed by atoms with Gasteiger partial charge in [-0.3, -0.25) is 4.90 Å². The van der Waals surface area contributed by atoms with E-state index in [2.05, 4.69) is 24.1 Å². The number of nitrogens with one attached hydrogen (secondary N) is 1. The molecule has 1 aliphatic heterocycles. The van der Waals surface area contributed by atoms with Crippen LogP contribution < -0.4 is 5.32 Å². The van der Waals surface area contributed by atoms with Crippen molar-refractivity contribution in [2.75, 3.05) is 32.8 Å². The van der Waals surface area contributed by atoms with Gasteiger partial charge in [0.2, 0.25) is 0 Å². The summed E-state index contributed by atoms with van der Waals surface area (Å²) in [6.45, 7) is 9.36. The van der Waals surface area contributed by atoms with E-state index in [9.17, 15) is 0 Å². The van der Waals surface area contributed by atoms with Crippen molar-refractivity contribution >= 4 is 0 Å².